The molecule has 0 radical (unpaired) electrons. The maximum atomic E-state index is 15.6. The van der Waals surface area contributed by atoms with Crippen LogP contribution in [0.5, 0.6) is 23.0 Å². The topological polar surface area (TPSA) is 104 Å². The number of fused-ring (bicyclic) bond motifs is 1. The lowest BCUT2D eigenvalue weighted by Gasteiger charge is -2.26. The van der Waals surface area contributed by atoms with Gasteiger partial charge in [0, 0.05) is 29.4 Å². The van der Waals surface area contributed by atoms with Gasteiger partial charge in [-0.05, 0) is 86.4 Å². The highest BCUT2D eigenvalue weighted by atomic mass is 32.1. The van der Waals surface area contributed by atoms with E-state index in [1.54, 1.807) is 24.4 Å². The number of hydrogen-bond acceptors (Lipinski definition) is 7. The number of aromatic nitrogens is 1. The molecule has 11 heteroatoms. The molecule has 8 nitrogen and oxygen atoms in total. The van der Waals surface area contributed by atoms with Crippen molar-refractivity contribution in [2.75, 3.05) is 24.4 Å². The van der Waals surface area contributed by atoms with Gasteiger partial charge in [-0.3, -0.25) is 19.5 Å². The molecule has 43 heavy (non-hydrogen) atoms. The zero-order valence-electron chi connectivity index (χ0n) is 23.5. The van der Waals surface area contributed by atoms with Crippen LogP contribution >= 0.6 is 12.6 Å². The molecule has 0 unspecified atom stereocenters. The summed E-state index contributed by atoms with van der Waals surface area (Å²) in [5.41, 5.74) is 5.12. The van der Waals surface area contributed by atoms with Crippen LogP contribution in [0, 0.1) is 17.0 Å². The van der Waals surface area contributed by atoms with Gasteiger partial charge in [0.25, 0.3) is 0 Å². The average Bonchev–Trinajstić information content (AvgIpc) is 3.82. The van der Waals surface area contributed by atoms with E-state index in [2.05, 4.69) is 17.6 Å². The van der Waals surface area contributed by atoms with Crippen molar-refractivity contribution in [2.24, 2.45) is 11.1 Å². The number of unbranched alkanes of at least 4 members (excludes halogenated alkanes) is 2. The van der Waals surface area contributed by atoms with Crippen LogP contribution < -0.4 is 24.8 Å². The first-order valence-corrected chi connectivity index (χ1v) is 14.5. The number of hydrogen-bond donors (Lipinski definition) is 2. The van der Waals surface area contributed by atoms with Gasteiger partial charge in [-0.15, -0.1) is 0 Å². The summed E-state index contributed by atoms with van der Waals surface area (Å²) in [7, 11) is 1.53. The van der Waals surface area contributed by atoms with Crippen molar-refractivity contribution in [3.05, 3.63) is 78.5 Å². The molecule has 0 saturated heterocycles. The molecule has 1 fully saturated rings. The summed E-state index contributed by atoms with van der Waals surface area (Å²) < 4.78 is 46.7. The Balaban J connectivity index is 1.43. The van der Waals surface area contributed by atoms with Crippen molar-refractivity contribution < 1.29 is 32.6 Å². The molecule has 0 aliphatic heterocycles. The number of amides is 2. The zero-order valence-corrected chi connectivity index (χ0v) is 24.4. The first-order valence-electron chi connectivity index (χ1n) is 13.9. The lowest BCUT2D eigenvalue weighted by Crippen LogP contribution is -2.41. The summed E-state index contributed by atoms with van der Waals surface area (Å²) >= 11 is 4.23. The highest BCUT2D eigenvalue weighted by Gasteiger charge is 2.57. The number of nitrogens with two attached hydrogens (primary N) is 1. The van der Waals surface area contributed by atoms with Gasteiger partial charge in [-0.1, -0.05) is 0 Å². The number of anilines is 2. The third-order valence-electron chi connectivity index (χ3n) is 7.36. The summed E-state index contributed by atoms with van der Waals surface area (Å²) in [6.45, 7) is 0.515. The third-order valence-corrected chi connectivity index (χ3v) is 7.68. The van der Waals surface area contributed by atoms with Gasteiger partial charge < -0.3 is 19.9 Å². The van der Waals surface area contributed by atoms with Crippen LogP contribution in [0.1, 0.15) is 32.1 Å². The van der Waals surface area contributed by atoms with E-state index in [-0.39, 0.29) is 30.0 Å². The summed E-state index contributed by atoms with van der Waals surface area (Å²) in [5.74, 6) is -0.571. The summed E-state index contributed by atoms with van der Waals surface area (Å²) in [4.78, 5) is 31.3. The van der Waals surface area contributed by atoms with Crippen LogP contribution in [0.3, 0.4) is 0 Å². The second-order valence-corrected chi connectivity index (χ2v) is 10.7. The number of nitrogens with zero attached hydrogens (tertiary/aromatic N) is 2. The van der Waals surface area contributed by atoms with Gasteiger partial charge in [0.1, 0.15) is 17.0 Å². The lowest BCUT2D eigenvalue weighted by molar-refractivity contribution is -0.133. The van der Waals surface area contributed by atoms with Crippen LogP contribution in [-0.4, -0.2) is 36.3 Å². The van der Waals surface area contributed by atoms with E-state index < -0.39 is 28.9 Å². The van der Waals surface area contributed by atoms with Gasteiger partial charge in [-0.25, -0.2) is 8.78 Å². The number of ether oxygens (including phenoxy) is 3. The van der Waals surface area contributed by atoms with Crippen LogP contribution in [0.4, 0.5) is 20.2 Å². The number of methoxy groups -OCH3 is 1. The first-order chi connectivity index (χ1) is 20.8. The monoisotopic (exact) mass is 607 g/mol. The Morgan fingerprint density at radius 2 is 1.67 bits per heavy atom. The standard InChI is InChI=1S/C32H31F2N3O5S/c1-40-28-18-23-25(19-29(28)41-15-3-2-4-16-43)36-14-11-26(23)42-27-10-9-22(17-24(27)34)37(21-7-5-20(33)6-8-21)31(39)32(12-13-32)30(35)38/h5-11,14,17-19,43H,2-4,12-13,15-16H2,1H3,(H2,35,38). The Bertz CT molecular complexity index is 1650. The third kappa shape index (κ3) is 6.36. The Kier molecular flexibility index (Phi) is 9.00. The first kappa shape index (κ1) is 30.1. The largest absolute Gasteiger partial charge is 0.493 e. The quantitative estimate of drug-likeness (QED) is 0.0993. The van der Waals surface area contributed by atoms with Crippen molar-refractivity contribution in [3.8, 4) is 23.0 Å². The van der Waals surface area contributed by atoms with Gasteiger partial charge in [0.05, 0.1) is 24.9 Å². The minimum Gasteiger partial charge on any atom is -0.493 e. The molecule has 1 aromatic heterocycles. The molecule has 0 bridgehead atoms. The Morgan fingerprint density at radius 1 is 0.930 bits per heavy atom. The minimum atomic E-state index is -1.38. The molecule has 2 amide bonds. The number of pyridine rings is 1. The second-order valence-electron chi connectivity index (χ2n) is 10.2. The number of carbonyl (C=O) groups excluding carboxylic acids is 2. The van der Waals surface area contributed by atoms with Crippen molar-refractivity contribution >= 4 is 46.7 Å². The lowest BCUT2D eigenvalue weighted by atomic mass is 10.0. The van der Waals surface area contributed by atoms with Crippen molar-refractivity contribution in [1.29, 1.82) is 0 Å². The van der Waals surface area contributed by atoms with Crippen LogP contribution in [0.2, 0.25) is 0 Å². The van der Waals surface area contributed by atoms with E-state index in [1.165, 1.54) is 48.4 Å². The molecule has 224 valence electrons. The van der Waals surface area contributed by atoms with E-state index in [0.717, 1.165) is 31.1 Å². The van der Waals surface area contributed by atoms with E-state index in [4.69, 9.17) is 19.9 Å². The van der Waals surface area contributed by atoms with Gasteiger partial charge in [0.15, 0.2) is 23.1 Å². The number of halogens is 2. The van der Waals surface area contributed by atoms with Crippen LogP contribution in [-0.2, 0) is 9.59 Å². The number of carbonyl (C=O) groups is 2. The van der Waals surface area contributed by atoms with E-state index >= 15 is 4.39 Å². The molecule has 3 aromatic carbocycles. The molecule has 5 rings (SSSR count). The Morgan fingerprint density at radius 3 is 2.33 bits per heavy atom. The SMILES string of the molecule is COc1cc2c(Oc3ccc(N(C(=O)C4(C(N)=O)CC4)c4ccc(F)cc4)cc3F)ccnc2cc1OCCCCCS. The van der Waals surface area contributed by atoms with E-state index in [9.17, 15) is 14.0 Å². The Labute approximate surface area is 253 Å². The summed E-state index contributed by atoms with van der Waals surface area (Å²) in [5, 5.41) is 0.575. The molecule has 1 saturated carbocycles. The smallest absolute Gasteiger partial charge is 0.247 e. The molecule has 1 aliphatic rings. The fourth-order valence-corrected chi connectivity index (χ4v) is 4.99. The average molecular weight is 608 g/mol. The predicted molar refractivity (Wildman–Crippen MR) is 162 cm³/mol. The Hall–Kier alpha value is -4.38. The molecule has 2 N–H and O–H groups in total. The van der Waals surface area contributed by atoms with Crippen LogP contribution in [0.25, 0.3) is 10.9 Å². The van der Waals surface area contributed by atoms with Crippen molar-refractivity contribution in [3.63, 3.8) is 0 Å². The van der Waals surface area contributed by atoms with Gasteiger partial charge in [0.2, 0.25) is 11.8 Å². The molecular formula is C32H31F2N3O5S. The maximum Gasteiger partial charge on any atom is 0.247 e. The molecule has 0 spiro atoms. The summed E-state index contributed by atoms with van der Waals surface area (Å²) in [6.07, 6.45) is 4.99. The van der Waals surface area contributed by atoms with Gasteiger partial charge in [-0.2, -0.15) is 12.6 Å². The zero-order chi connectivity index (χ0) is 30.6. The highest BCUT2D eigenvalue weighted by molar-refractivity contribution is 7.80. The van der Waals surface area contributed by atoms with Gasteiger partial charge >= 0.3 is 0 Å². The maximum absolute atomic E-state index is 15.6. The van der Waals surface area contributed by atoms with E-state index in [1.807, 2.05) is 0 Å². The minimum absolute atomic E-state index is 0.109. The summed E-state index contributed by atoms with van der Waals surface area (Å²) in [6, 6.07) is 14.2. The van der Waals surface area contributed by atoms with Crippen LogP contribution in [0.15, 0.2) is 66.9 Å². The second kappa shape index (κ2) is 12.9. The van der Waals surface area contributed by atoms with E-state index in [0.29, 0.717) is 34.8 Å². The molecule has 1 aliphatic carbocycles. The normalized spacial score (nSPS) is 13.4. The number of benzene rings is 3. The number of rotatable bonds is 13. The van der Waals surface area contributed by atoms with Crippen molar-refractivity contribution in [2.45, 2.75) is 32.1 Å². The highest BCUT2D eigenvalue weighted by Crippen LogP contribution is 2.49. The predicted octanol–water partition coefficient (Wildman–Crippen LogP) is 6.72. The fourth-order valence-electron chi connectivity index (χ4n) is 4.77. The number of thiol groups is 1. The number of primary amides is 1. The molecular weight excluding hydrogens is 576 g/mol. The molecule has 1 heterocycles. The molecule has 0 atom stereocenters. The molecule has 4 aromatic rings. The van der Waals surface area contributed by atoms with Crippen molar-refractivity contribution in [1.82, 2.24) is 4.98 Å². The fraction of sp³-hybridized carbons (Fsp3) is 0.281.